The first-order chi connectivity index (χ1) is 21.1. The maximum absolute atomic E-state index is 14.3. The van der Waals surface area contributed by atoms with Crippen LogP contribution in [-0.4, -0.2) is 69.4 Å². The van der Waals surface area contributed by atoms with Gasteiger partial charge >= 0.3 is 5.97 Å². The van der Waals surface area contributed by atoms with Crippen LogP contribution in [0.15, 0.2) is 54.6 Å². The van der Waals surface area contributed by atoms with E-state index in [1.807, 2.05) is 44.2 Å². The molecular formula is C36H46FN5O2. The lowest BCUT2D eigenvalue weighted by atomic mass is 9.81. The molecule has 2 fully saturated rings. The molecule has 44 heavy (non-hydrogen) atoms. The summed E-state index contributed by atoms with van der Waals surface area (Å²) < 4.78 is 16.5. The highest BCUT2D eigenvalue weighted by Crippen LogP contribution is 2.40. The fraction of sp³-hybridized carbons (Fsp3) is 0.528. The van der Waals surface area contributed by atoms with Gasteiger partial charge in [0, 0.05) is 50.1 Å². The van der Waals surface area contributed by atoms with Gasteiger partial charge in [-0.1, -0.05) is 45.0 Å². The van der Waals surface area contributed by atoms with Gasteiger partial charge in [0.15, 0.2) is 0 Å². The summed E-state index contributed by atoms with van der Waals surface area (Å²) in [5.74, 6) is -0.265. The van der Waals surface area contributed by atoms with Crippen molar-refractivity contribution in [3.63, 3.8) is 0 Å². The standard InChI is InChI=1S/C36H46FN5O2/c1-5-36(3,4)34(35(43)44)41-23-29(32(24-41)28-8-7-9-30(37)19-28)22-40-16-14-27(15-17-40)33-20-31(39-42(33)6-2)18-25-10-12-26(21-38)13-11-25/h7-13,19-20,27,29,32,34H,5-6,14-18,22-24H2,1-4H3,(H,43,44). The van der Waals surface area contributed by atoms with Gasteiger partial charge in [-0.05, 0) is 92.1 Å². The Morgan fingerprint density at radius 3 is 2.45 bits per heavy atom. The van der Waals surface area contributed by atoms with Crippen LogP contribution < -0.4 is 0 Å². The van der Waals surface area contributed by atoms with Crippen molar-refractivity contribution in [2.75, 3.05) is 32.7 Å². The smallest absolute Gasteiger partial charge is 0.321 e. The second kappa shape index (κ2) is 13.6. The zero-order valence-corrected chi connectivity index (χ0v) is 26.5. The highest BCUT2D eigenvalue weighted by atomic mass is 19.1. The number of hydrogen-bond donors (Lipinski definition) is 1. The summed E-state index contributed by atoms with van der Waals surface area (Å²) in [5, 5.41) is 24.3. The average molecular weight is 600 g/mol. The van der Waals surface area contributed by atoms with Crippen LogP contribution in [0.2, 0.25) is 0 Å². The van der Waals surface area contributed by atoms with Crippen LogP contribution in [0.25, 0.3) is 0 Å². The number of aromatic nitrogens is 2. The number of aryl methyl sites for hydroxylation is 1. The predicted molar refractivity (Wildman–Crippen MR) is 170 cm³/mol. The van der Waals surface area contributed by atoms with Crippen LogP contribution in [-0.2, 0) is 17.8 Å². The number of halogens is 1. The lowest BCUT2D eigenvalue weighted by Gasteiger charge is -2.37. The van der Waals surface area contributed by atoms with E-state index in [9.17, 15) is 14.3 Å². The Labute approximate surface area is 261 Å². The minimum atomic E-state index is -0.776. The Balaban J connectivity index is 1.27. The molecule has 7 nitrogen and oxygen atoms in total. The lowest BCUT2D eigenvalue weighted by molar-refractivity contribution is -0.147. The number of nitriles is 1. The zero-order valence-electron chi connectivity index (χ0n) is 26.5. The van der Waals surface area contributed by atoms with Crippen LogP contribution >= 0.6 is 0 Å². The predicted octanol–water partition coefficient (Wildman–Crippen LogP) is 6.29. The van der Waals surface area contributed by atoms with Gasteiger partial charge in [0.2, 0.25) is 0 Å². The summed E-state index contributed by atoms with van der Waals surface area (Å²) in [7, 11) is 0. The first kappa shape index (κ1) is 31.9. The summed E-state index contributed by atoms with van der Waals surface area (Å²) in [4.78, 5) is 17.2. The number of carbonyl (C=O) groups is 1. The van der Waals surface area contributed by atoms with Crippen LogP contribution in [0.1, 0.15) is 86.9 Å². The first-order valence-corrected chi connectivity index (χ1v) is 16.1. The average Bonchev–Trinajstić information content (AvgIpc) is 3.61. The van der Waals surface area contributed by atoms with Gasteiger partial charge in [-0.25, -0.2) is 4.39 Å². The van der Waals surface area contributed by atoms with Gasteiger partial charge < -0.3 is 10.0 Å². The number of aliphatic carboxylic acids is 1. The zero-order chi connectivity index (χ0) is 31.4. The van der Waals surface area contributed by atoms with E-state index in [-0.39, 0.29) is 23.1 Å². The van der Waals surface area contributed by atoms with Gasteiger partial charge in [0.25, 0.3) is 0 Å². The van der Waals surface area contributed by atoms with Crippen molar-refractivity contribution < 1.29 is 14.3 Å². The molecule has 0 saturated carbocycles. The molecule has 1 aromatic heterocycles. The largest absolute Gasteiger partial charge is 0.480 e. The van der Waals surface area contributed by atoms with Gasteiger partial charge in [-0.2, -0.15) is 10.4 Å². The molecule has 2 aromatic carbocycles. The number of carboxylic acid groups (broad SMARTS) is 1. The van der Waals surface area contributed by atoms with Crippen molar-refractivity contribution in [1.82, 2.24) is 19.6 Å². The molecule has 2 aliphatic heterocycles. The van der Waals surface area contributed by atoms with Crippen LogP contribution in [0.4, 0.5) is 4.39 Å². The minimum Gasteiger partial charge on any atom is -0.480 e. The Kier molecular flexibility index (Phi) is 9.87. The van der Waals surface area contributed by atoms with E-state index in [2.05, 4.69) is 40.5 Å². The van der Waals surface area contributed by atoms with Crippen molar-refractivity contribution in [2.45, 2.75) is 77.8 Å². The Morgan fingerprint density at radius 2 is 1.84 bits per heavy atom. The molecule has 3 heterocycles. The topological polar surface area (TPSA) is 85.4 Å². The molecule has 3 unspecified atom stereocenters. The fourth-order valence-corrected chi connectivity index (χ4v) is 7.40. The maximum atomic E-state index is 14.3. The van der Waals surface area contributed by atoms with Gasteiger partial charge in [0.05, 0.1) is 17.3 Å². The van der Waals surface area contributed by atoms with Crippen molar-refractivity contribution >= 4 is 5.97 Å². The molecule has 0 radical (unpaired) electrons. The summed E-state index contributed by atoms with van der Waals surface area (Å²) in [6.45, 7) is 13.2. The third-order valence-electron chi connectivity index (χ3n) is 10.1. The van der Waals surface area contributed by atoms with Crippen molar-refractivity contribution in [1.29, 1.82) is 5.26 Å². The van der Waals surface area contributed by atoms with E-state index in [1.54, 1.807) is 12.1 Å². The highest BCUT2D eigenvalue weighted by molar-refractivity contribution is 5.74. The number of carboxylic acids is 1. The second-order valence-electron chi connectivity index (χ2n) is 13.4. The first-order valence-electron chi connectivity index (χ1n) is 16.1. The lowest BCUT2D eigenvalue weighted by Crippen LogP contribution is -2.49. The number of piperidine rings is 1. The fourth-order valence-electron chi connectivity index (χ4n) is 7.40. The molecule has 2 aliphatic rings. The van der Waals surface area contributed by atoms with Crippen molar-refractivity contribution in [2.24, 2.45) is 11.3 Å². The molecule has 2 saturated heterocycles. The number of hydrogen-bond acceptors (Lipinski definition) is 5. The van der Waals surface area contributed by atoms with E-state index in [4.69, 9.17) is 10.4 Å². The molecule has 0 amide bonds. The molecule has 1 N–H and O–H groups in total. The molecule has 3 aromatic rings. The minimum absolute atomic E-state index is 0.0873. The Hall–Kier alpha value is -3.54. The normalized spacial score (nSPS) is 20.9. The Bertz CT molecular complexity index is 1470. The Morgan fingerprint density at radius 1 is 1.11 bits per heavy atom. The summed E-state index contributed by atoms with van der Waals surface area (Å²) in [5.41, 5.74) is 4.77. The molecule has 0 bridgehead atoms. The van der Waals surface area contributed by atoms with Gasteiger partial charge in [-0.15, -0.1) is 0 Å². The SMILES string of the molecule is CCn1nc(Cc2ccc(C#N)cc2)cc1C1CCN(CC2CN(C(C(=O)O)C(C)(C)CC)CC2c2cccc(F)c2)CC1. The second-order valence-corrected chi connectivity index (χ2v) is 13.4. The number of benzene rings is 2. The molecule has 234 valence electrons. The quantitative estimate of drug-likeness (QED) is 0.279. The van der Waals surface area contributed by atoms with Crippen molar-refractivity contribution in [3.8, 4) is 6.07 Å². The van der Waals surface area contributed by atoms with Gasteiger partial charge in [-0.3, -0.25) is 14.4 Å². The van der Waals surface area contributed by atoms with E-state index in [0.717, 1.165) is 68.7 Å². The third-order valence-corrected chi connectivity index (χ3v) is 10.1. The number of likely N-dealkylation sites (tertiary alicyclic amines) is 2. The molecule has 0 aliphatic carbocycles. The van der Waals surface area contributed by atoms with E-state index < -0.39 is 12.0 Å². The molecule has 0 spiro atoms. The third kappa shape index (κ3) is 7.06. The van der Waals surface area contributed by atoms with Gasteiger partial charge in [0.1, 0.15) is 11.9 Å². The van der Waals surface area contributed by atoms with Crippen LogP contribution in [0.5, 0.6) is 0 Å². The monoisotopic (exact) mass is 599 g/mol. The van der Waals surface area contributed by atoms with Crippen LogP contribution in [0.3, 0.4) is 0 Å². The van der Waals surface area contributed by atoms with Crippen molar-refractivity contribution in [3.05, 3.63) is 88.5 Å². The summed E-state index contributed by atoms with van der Waals surface area (Å²) in [6, 6.07) is 18.5. The highest BCUT2D eigenvalue weighted by Gasteiger charge is 2.45. The number of nitrogens with zero attached hydrogens (tertiary/aromatic N) is 5. The van der Waals surface area contributed by atoms with E-state index in [1.165, 1.54) is 11.8 Å². The van der Waals surface area contributed by atoms with E-state index >= 15 is 0 Å². The molecule has 5 rings (SSSR count). The summed E-state index contributed by atoms with van der Waals surface area (Å²) in [6.07, 6.45) is 3.61. The number of rotatable bonds is 11. The molecule has 3 atom stereocenters. The maximum Gasteiger partial charge on any atom is 0.321 e. The molecule has 8 heteroatoms. The van der Waals surface area contributed by atoms with E-state index in [0.29, 0.717) is 24.6 Å². The summed E-state index contributed by atoms with van der Waals surface area (Å²) >= 11 is 0. The molecular weight excluding hydrogens is 553 g/mol. The van der Waals surface area contributed by atoms with Crippen LogP contribution in [0, 0.1) is 28.5 Å².